The maximum absolute atomic E-state index is 11.6. The largest absolute Gasteiger partial charge is 0.457 e. The molecule has 0 fully saturated rings. The Morgan fingerprint density at radius 1 is 1.21 bits per heavy atom. The normalized spacial score (nSPS) is 10.9. The van der Waals surface area contributed by atoms with E-state index < -0.39 is 6.18 Å². The topological polar surface area (TPSA) is 0 Å². The van der Waals surface area contributed by atoms with Gasteiger partial charge in [0.05, 0.1) is 0 Å². The quantitative estimate of drug-likeness (QED) is 0.484. The SMILES string of the molecule is C[CH]SCCCCCC#CC(F)(F)F. The zero-order valence-corrected chi connectivity index (χ0v) is 8.97. The Hall–Kier alpha value is -0.300. The van der Waals surface area contributed by atoms with Crippen LogP contribution in [0.4, 0.5) is 13.2 Å². The fraction of sp³-hybridized carbons (Fsp3) is 0.700. The lowest BCUT2D eigenvalue weighted by molar-refractivity contribution is -0.0697. The molecule has 0 aromatic carbocycles. The predicted octanol–water partition coefficient (Wildman–Crippen LogP) is 4.03. The molecule has 0 spiro atoms. The molecule has 0 unspecified atom stereocenters. The summed E-state index contributed by atoms with van der Waals surface area (Å²) in [7, 11) is 0. The van der Waals surface area contributed by atoms with Crippen molar-refractivity contribution in [1.29, 1.82) is 0 Å². The van der Waals surface area contributed by atoms with Gasteiger partial charge in [0, 0.05) is 18.1 Å². The summed E-state index contributed by atoms with van der Waals surface area (Å²) in [5.41, 5.74) is 0. The number of hydrogen-bond acceptors (Lipinski definition) is 1. The van der Waals surface area contributed by atoms with E-state index >= 15 is 0 Å². The summed E-state index contributed by atoms with van der Waals surface area (Å²) in [4.78, 5) is 0. The minimum absolute atomic E-state index is 0.347. The molecule has 0 amide bonds. The van der Waals surface area contributed by atoms with Crippen LogP contribution < -0.4 is 0 Å². The van der Waals surface area contributed by atoms with Crippen LogP contribution in [0.25, 0.3) is 0 Å². The molecule has 0 saturated heterocycles. The standard InChI is InChI=1S/C10H14F3S/c1-2-14-9-7-5-3-4-6-8-10(11,12)13/h2H,3-5,7,9H2,1H3. The van der Waals surface area contributed by atoms with Gasteiger partial charge in [-0.1, -0.05) is 19.3 Å². The third kappa shape index (κ3) is 11.7. The average Bonchev–Trinajstić information content (AvgIpc) is 2.08. The summed E-state index contributed by atoms with van der Waals surface area (Å²) in [5.74, 6) is 6.45. The Kier molecular flexibility index (Phi) is 7.87. The molecule has 0 aliphatic rings. The van der Waals surface area contributed by atoms with Gasteiger partial charge >= 0.3 is 6.18 Å². The van der Waals surface area contributed by atoms with Crippen LogP contribution in [0.5, 0.6) is 0 Å². The molecule has 0 aromatic rings. The third-order valence-electron chi connectivity index (χ3n) is 1.46. The van der Waals surface area contributed by atoms with Gasteiger partial charge in [-0.3, -0.25) is 0 Å². The van der Waals surface area contributed by atoms with Crippen LogP contribution in [0.3, 0.4) is 0 Å². The Labute approximate surface area is 87.6 Å². The van der Waals surface area contributed by atoms with Crippen LogP contribution in [0.2, 0.25) is 0 Å². The van der Waals surface area contributed by atoms with E-state index in [1.807, 2.05) is 12.7 Å². The molecule has 1 radical (unpaired) electrons. The summed E-state index contributed by atoms with van der Waals surface area (Å²) < 4.78 is 34.7. The average molecular weight is 223 g/mol. The van der Waals surface area contributed by atoms with E-state index in [2.05, 4.69) is 5.92 Å². The second-order valence-electron chi connectivity index (χ2n) is 2.72. The van der Waals surface area contributed by atoms with Crippen LogP contribution in [0.1, 0.15) is 32.6 Å². The first-order valence-electron chi connectivity index (χ1n) is 4.52. The number of alkyl halides is 3. The third-order valence-corrected chi connectivity index (χ3v) is 2.32. The van der Waals surface area contributed by atoms with Gasteiger partial charge in [-0.05, 0) is 18.6 Å². The number of hydrogen-bond donors (Lipinski definition) is 0. The van der Waals surface area contributed by atoms with Crippen molar-refractivity contribution in [2.75, 3.05) is 5.75 Å². The summed E-state index contributed by atoms with van der Waals surface area (Å²) in [5, 5.41) is 0. The lowest BCUT2D eigenvalue weighted by atomic mass is 10.2. The van der Waals surface area contributed by atoms with Crippen molar-refractivity contribution in [3.8, 4) is 11.8 Å². The van der Waals surface area contributed by atoms with Gasteiger partial charge in [0.1, 0.15) is 0 Å². The molecule has 81 valence electrons. The van der Waals surface area contributed by atoms with Crippen LogP contribution in [0.15, 0.2) is 0 Å². The van der Waals surface area contributed by atoms with E-state index in [9.17, 15) is 13.2 Å². The van der Waals surface area contributed by atoms with E-state index in [1.54, 1.807) is 11.8 Å². The van der Waals surface area contributed by atoms with Crippen molar-refractivity contribution < 1.29 is 13.2 Å². The Morgan fingerprint density at radius 2 is 1.93 bits per heavy atom. The van der Waals surface area contributed by atoms with Gasteiger partial charge in [0.2, 0.25) is 0 Å². The van der Waals surface area contributed by atoms with E-state index in [0.29, 0.717) is 6.42 Å². The van der Waals surface area contributed by atoms with Crippen LogP contribution in [0, 0.1) is 17.6 Å². The van der Waals surface area contributed by atoms with Crippen molar-refractivity contribution >= 4 is 11.8 Å². The number of rotatable bonds is 6. The highest BCUT2D eigenvalue weighted by Crippen LogP contribution is 2.12. The van der Waals surface area contributed by atoms with Gasteiger partial charge in [0.15, 0.2) is 0 Å². The van der Waals surface area contributed by atoms with E-state index in [-0.39, 0.29) is 0 Å². The van der Waals surface area contributed by atoms with E-state index in [1.165, 1.54) is 5.92 Å². The van der Waals surface area contributed by atoms with Gasteiger partial charge in [-0.15, -0.1) is 0 Å². The molecule has 0 atom stereocenters. The summed E-state index contributed by atoms with van der Waals surface area (Å²) in [6.07, 6.45) is -1.23. The molecule has 0 heterocycles. The number of thioether (sulfide) groups is 1. The van der Waals surface area contributed by atoms with Crippen molar-refractivity contribution in [2.24, 2.45) is 0 Å². The summed E-state index contributed by atoms with van der Waals surface area (Å²) >= 11 is 1.74. The molecule has 14 heavy (non-hydrogen) atoms. The summed E-state index contributed by atoms with van der Waals surface area (Å²) in [6.45, 7) is 1.97. The molecule has 0 saturated carbocycles. The van der Waals surface area contributed by atoms with Crippen LogP contribution >= 0.6 is 11.8 Å². The molecule has 0 rings (SSSR count). The highest BCUT2D eigenvalue weighted by atomic mass is 32.2. The minimum Gasteiger partial charge on any atom is -0.159 e. The molecular formula is C10H14F3S. The Morgan fingerprint density at radius 3 is 2.50 bits per heavy atom. The van der Waals surface area contributed by atoms with E-state index in [0.717, 1.165) is 25.0 Å². The molecule has 0 nitrogen and oxygen atoms in total. The van der Waals surface area contributed by atoms with Gasteiger partial charge in [0.25, 0.3) is 0 Å². The van der Waals surface area contributed by atoms with Gasteiger partial charge < -0.3 is 0 Å². The maximum atomic E-state index is 11.6. The molecule has 0 bridgehead atoms. The molecule has 0 aromatic heterocycles. The lowest BCUT2D eigenvalue weighted by Crippen LogP contribution is -2.01. The zero-order chi connectivity index (χ0) is 10.9. The molecule has 0 aliphatic heterocycles. The van der Waals surface area contributed by atoms with Crippen molar-refractivity contribution in [3.63, 3.8) is 0 Å². The molecule has 0 aliphatic carbocycles. The highest BCUT2D eigenvalue weighted by molar-refractivity contribution is 8.01. The highest BCUT2D eigenvalue weighted by Gasteiger charge is 2.22. The summed E-state index contributed by atoms with van der Waals surface area (Å²) in [6, 6.07) is 0. The Bertz CT molecular complexity index is 188. The number of unbranched alkanes of at least 4 members (excludes halogenated alkanes) is 3. The second kappa shape index (κ2) is 8.05. The fourth-order valence-electron chi connectivity index (χ4n) is 0.856. The van der Waals surface area contributed by atoms with E-state index in [4.69, 9.17) is 0 Å². The smallest absolute Gasteiger partial charge is 0.159 e. The molecule has 0 N–H and O–H groups in total. The van der Waals surface area contributed by atoms with Gasteiger partial charge in [-0.2, -0.15) is 24.9 Å². The first-order valence-corrected chi connectivity index (χ1v) is 5.57. The van der Waals surface area contributed by atoms with Crippen LogP contribution in [-0.4, -0.2) is 11.9 Å². The molecule has 4 heteroatoms. The first kappa shape index (κ1) is 13.7. The second-order valence-corrected chi connectivity index (χ2v) is 3.93. The van der Waals surface area contributed by atoms with Crippen molar-refractivity contribution in [3.05, 3.63) is 5.75 Å². The minimum atomic E-state index is -4.33. The van der Waals surface area contributed by atoms with Crippen LogP contribution in [-0.2, 0) is 0 Å². The molecular weight excluding hydrogens is 209 g/mol. The first-order chi connectivity index (χ1) is 6.56. The van der Waals surface area contributed by atoms with Gasteiger partial charge in [-0.25, -0.2) is 0 Å². The Balaban J connectivity index is 3.24. The lowest BCUT2D eigenvalue weighted by Gasteiger charge is -1.96. The van der Waals surface area contributed by atoms with Crippen molar-refractivity contribution in [1.82, 2.24) is 0 Å². The predicted molar refractivity (Wildman–Crippen MR) is 54.7 cm³/mol. The maximum Gasteiger partial charge on any atom is 0.457 e. The number of halogens is 3. The monoisotopic (exact) mass is 223 g/mol. The van der Waals surface area contributed by atoms with Crippen molar-refractivity contribution in [2.45, 2.75) is 38.8 Å². The zero-order valence-electron chi connectivity index (χ0n) is 8.16. The fourth-order valence-corrected chi connectivity index (χ4v) is 1.46.